The van der Waals surface area contributed by atoms with Crippen molar-refractivity contribution in [2.75, 3.05) is 0 Å². The Kier molecular flexibility index (Phi) is 3.52. The van der Waals surface area contributed by atoms with Crippen LogP contribution in [0.5, 0.6) is 0 Å². The lowest BCUT2D eigenvalue weighted by Gasteiger charge is -2.03. The van der Waals surface area contributed by atoms with Crippen LogP contribution >= 0.6 is 11.3 Å². The molecule has 0 spiro atoms. The zero-order valence-electron chi connectivity index (χ0n) is 8.86. The summed E-state index contributed by atoms with van der Waals surface area (Å²) >= 11 is 1.24. The second-order valence-corrected chi connectivity index (χ2v) is 7.20. The highest BCUT2D eigenvalue weighted by Crippen LogP contribution is 2.30. The van der Waals surface area contributed by atoms with Crippen molar-refractivity contribution in [1.29, 1.82) is 0 Å². The maximum atomic E-state index is 11.9. The van der Waals surface area contributed by atoms with Crippen molar-refractivity contribution >= 4 is 33.3 Å². The first-order valence-corrected chi connectivity index (χ1v) is 6.92. The molecule has 0 aliphatic heterocycles. The van der Waals surface area contributed by atoms with Gasteiger partial charge >= 0.3 is 0 Å². The lowest BCUT2D eigenvalue weighted by Crippen LogP contribution is -2.12. The summed E-state index contributed by atoms with van der Waals surface area (Å²) in [7, 11) is -3.18. The van der Waals surface area contributed by atoms with Crippen LogP contribution in [0.25, 0.3) is 12.2 Å². The minimum absolute atomic E-state index is 0.391. The van der Waals surface area contributed by atoms with Crippen LogP contribution in [0.1, 0.15) is 24.3 Å². The largest absolute Gasteiger partial charge is 0.223 e. The Bertz CT molecular complexity index is 453. The number of rotatable bonds is 4. The van der Waals surface area contributed by atoms with Gasteiger partial charge in [0.15, 0.2) is 9.84 Å². The summed E-state index contributed by atoms with van der Waals surface area (Å²) in [5.74, 6) is 0. The molecule has 0 saturated carbocycles. The van der Waals surface area contributed by atoms with E-state index in [1.165, 1.54) is 11.3 Å². The molecule has 0 radical (unpaired) electrons. The maximum Gasteiger partial charge on any atom is 0.190 e. The van der Waals surface area contributed by atoms with E-state index < -0.39 is 15.1 Å². The van der Waals surface area contributed by atoms with Crippen molar-refractivity contribution in [2.45, 2.75) is 23.3 Å². The molecule has 0 unspecified atom stereocenters. The molecule has 0 aliphatic carbocycles. The maximum absolute atomic E-state index is 11.9. The van der Waals surface area contributed by atoms with Gasteiger partial charge in [-0.15, -0.1) is 11.3 Å². The van der Waals surface area contributed by atoms with Crippen molar-refractivity contribution in [2.24, 2.45) is 0 Å². The van der Waals surface area contributed by atoms with Gasteiger partial charge in [-0.05, 0) is 25.5 Å². The van der Waals surface area contributed by atoms with E-state index in [1.807, 2.05) is 0 Å². The van der Waals surface area contributed by atoms with Gasteiger partial charge in [-0.1, -0.05) is 25.3 Å². The highest BCUT2D eigenvalue weighted by Gasteiger charge is 2.22. The fourth-order valence-electron chi connectivity index (χ4n) is 1.09. The smallest absolute Gasteiger partial charge is 0.190 e. The van der Waals surface area contributed by atoms with Crippen LogP contribution in [0, 0.1) is 0 Å². The molecule has 0 amide bonds. The molecule has 0 aromatic carbocycles. The van der Waals surface area contributed by atoms with Gasteiger partial charge in [0, 0.05) is 4.88 Å². The first-order chi connectivity index (χ1) is 6.93. The second-order valence-electron chi connectivity index (χ2n) is 3.39. The minimum atomic E-state index is -3.18. The predicted molar refractivity (Wildman–Crippen MR) is 66.8 cm³/mol. The first kappa shape index (κ1) is 12.2. The molecule has 1 aromatic rings. The molecule has 82 valence electrons. The van der Waals surface area contributed by atoms with Crippen LogP contribution in [-0.2, 0) is 9.84 Å². The van der Waals surface area contributed by atoms with E-state index in [1.54, 1.807) is 32.1 Å². The fourth-order valence-corrected chi connectivity index (χ4v) is 3.90. The summed E-state index contributed by atoms with van der Waals surface area (Å²) in [4.78, 5) is 0.851. The average Bonchev–Trinajstić information content (AvgIpc) is 2.60. The van der Waals surface area contributed by atoms with Crippen molar-refractivity contribution in [3.05, 3.63) is 29.7 Å². The normalized spacial score (nSPS) is 11.7. The van der Waals surface area contributed by atoms with Crippen LogP contribution < -0.4 is 0 Å². The van der Waals surface area contributed by atoms with Crippen molar-refractivity contribution in [1.82, 2.24) is 0 Å². The molecule has 0 N–H and O–H groups in total. The molecule has 0 aliphatic rings. The number of hydrogen-bond donors (Lipinski definition) is 0. The van der Waals surface area contributed by atoms with E-state index in [4.69, 9.17) is 0 Å². The molecule has 2 nitrogen and oxygen atoms in total. The van der Waals surface area contributed by atoms with Gasteiger partial charge in [0.2, 0.25) is 0 Å². The van der Waals surface area contributed by atoms with Crippen LogP contribution in [0.4, 0.5) is 0 Å². The Morgan fingerprint density at radius 1 is 1.33 bits per heavy atom. The zero-order chi connectivity index (χ0) is 11.6. The van der Waals surface area contributed by atoms with Crippen molar-refractivity contribution in [3.8, 4) is 0 Å². The zero-order valence-corrected chi connectivity index (χ0v) is 10.5. The summed E-state index contributed by atoms with van der Waals surface area (Å²) in [6, 6.07) is 1.66. The van der Waals surface area contributed by atoms with Gasteiger partial charge in [0.25, 0.3) is 0 Å². The third-order valence-corrected chi connectivity index (χ3v) is 5.88. The average molecular weight is 242 g/mol. The predicted octanol–water partition coefficient (Wildman–Crippen LogP) is 3.22. The number of hydrogen-bond acceptors (Lipinski definition) is 3. The van der Waals surface area contributed by atoms with Crippen molar-refractivity contribution < 1.29 is 8.42 Å². The quantitative estimate of drug-likeness (QED) is 0.812. The Labute approximate surface area is 94.9 Å². The molecular weight excluding hydrogens is 228 g/mol. The van der Waals surface area contributed by atoms with Gasteiger partial charge < -0.3 is 0 Å². The van der Waals surface area contributed by atoms with Crippen LogP contribution in [-0.4, -0.2) is 13.7 Å². The third-order valence-electron chi connectivity index (χ3n) is 2.07. The van der Waals surface area contributed by atoms with Gasteiger partial charge in [-0.3, -0.25) is 0 Å². The molecule has 1 rings (SSSR count). The molecule has 0 atom stereocenters. The first-order valence-electron chi connectivity index (χ1n) is 4.56. The summed E-state index contributed by atoms with van der Waals surface area (Å²) in [6.07, 6.45) is 3.30. The molecule has 15 heavy (non-hydrogen) atoms. The van der Waals surface area contributed by atoms with E-state index >= 15 is 0 Å². The highest BCUT2D eigenvalue weighted by molar-refractivity contribution is 7.94. The molecule has 0 fully saturated rings. The molecular formula is C11H14O2S2. The van der Waals surface area contributed by atoms with Gasteiger partial charge in [-0.25, -0.2) is 8.42 Å². The minimum Gasteiger partial charge on any atom is -0.223 e. The molecule has 0 saturated heterocycles. The third kappa shape index (κ3) is 2.21. The molecule has 0 bridgehead atoms. The van der Waals surface area contributed by atoms with E-state index in [2.05, 4.69) is 13.2 Å². The molecule has 4 heteroatoms. The molecule has 1 heterocycles. The summed E-state index contributed by atoms with van der Waals surface area (Å²) < 4.78 is 24.1. The second kappa shape index (κ2) is 4.33. The van der Waals surface area contributed by atoms with E-state index in [0.29, 0.717) is 4.21 Å². The van der Waals surface area contributed by atoms with Crippen LogP contribution in [0.3, 0.4) is 0 Å². The summed E-state index contributed by atoms with van der Waals surface area (Å²) in [5.41, 5.74) is 0.828. The lowest BCUT2D eigenvalue weighted by atomic mass is 10.2. The van der Waals surface area contributed by atoms with Gasteiger partial charge in [0.1, 0.15) is 4.21 Å². The standard InChI is InChI=1S/C11H14O2S2/c1-5-9-7-11(14-10(9)6-2)15(12,13)8(3)4/h5-8H,1-2H2,3-4H3. The topological polar surface area (TPSA) is 34.1 Å². The van der Waals surface area contributed by atoms with Gasteiger partial charge in [-0.2, -0.15) is 0 Å². The summed E-state index contributed by atoms with van der Waals surface area (Å²) in [6.45, 7) is 10.6. The van der Waals surface area contributed by atoms with E-state index in [0.717, 1.165) is 10.4 Å². The summed E-state index contributed by atoms with van der Waals surface area (Å²) in [5, 5.41) is -0.397. The van der Waals surface area contributed by atoms with Crippen LogP contribution in [0.15, 0.2) is 23.4 Å². The van der Waals surface area contributed by atoms with E-state index in [-0.39, 0.29) is 0 Å². The Morgan fingerprint density at radius 2 is 1.93 bits per heavy atom. The Morgan fingerprint density at radius 3 is 2.27 bits per heavy atom. The molecule has 1 aromatic heterocycles. The van der Waals surface area contributed by atoms with Crippen LogP contribution in [0.2, 0.25) is 0 Å². The van der Waals surface area contributed by atoms with Gasteiger partial charge in [0.05, 0.1) is 5.25 Å². The Balaban J connectivity index is 3.35. The van der Waals surface area contributed by atoms with E-state index in [9.17, 15) is 8.42 Å². The fraction of sp³-hybridized carbons (Fsp3) is 0.273. The highest BCUT2D eigenvalue weighted by atomic mass is 32.2. The monoisotopic (exact) mass is 242 g/mol. The van der Waals surface area contributed by atoms with Crippen molar-refractivity contribution in [3.63, 3.8) is 0 Å². The number of thiophene rings is 1. The lowest BCUT2D eigenvalue weighted by molar-refractivity contribution is 0.589. The number of sulfone groups is 1. The SMILES string of the molecule is C=Cc1cc(S(=O)(=O)C(C)C)sc1C=C. The Hall–Kier alpha value is -0.870.